The predicted molar refractivity (Wildman–Crippen MR) is 67.2 cm³/mol. The maximum absolute atomic E-state index is 4.08. The van der Waals surface area contributed by atoms with Crippen LogP contribution in [0.1, 0.15) is 44.6 Å². The number of nitrogens with one attached hydrogen (secondary N) is 1. The van der Waals surface area contributed by atoms with Crippen molar-refractivity contribution in [2.75, 3.05) is 0 Å². The van der Waals surface area contributed by atoms with Crippen LogP contribution in [-0.2, 0) is 0 Å². The van der Waals surface area contributed by atoms with Gasteiger partial charge < -0.3 is 5.32 Å². The Bertz CT molecular complexity index is 352. The molecule has 0 spiro atoms. The lowest BCUT2D eigenvalue weighted by atomic mass is 9.78. The molecule has 1 aliphatic rings. The molecular formula is C14H20N2. The van der Waals surface area contributed by atoms with Crippen LogP contribution in [0.5, 0.6) is 0 Å². The molecule has 0 fully saturated rings. The zero-order valence-corrected chi connectivity index (χ0v) is 10.1. The SMILES string of the molecule is CCC1(CC)CC(c2ccncc2)C=CN1. The molecule has 1 aromatic rings. The van der Waals surface area contributed by atoms with Gasteiger partial charge in [-0.2, -0.15) is 0 Å². The third-order valence-corrected chi connectivity index (χ3v) is 3.82. The summed E-state index contributed by atoms with van der Waals surface area (Å²) in [5, 5.41) is 3.54. The van der Waals surface area contributed by atoms with Crippen molar-refractivity contribution in [3.05, 3.63) is 42.4 Å². The van der Waals surface area contributed by atoms with Crippen LogP contribution in [0.15, 0.2) is 36.8 Å². The van der Waals surface area contributed by atoms with Crippen LogP contribution in [0, 0.1) is 0 Å². The summed E-state index contributed by atoms with van der Waals surface area (Å²) in [6.07, 6.45) is 11.7. The second-order valence-corrected chi connectivity index (χ2v) is 4.58. The van der Waals surface area contributed by atoms with Crippen molar-refractivity contribution in [2.24, 2.45) is 0 Å². The molecule has 1 unspecified atom stereocenters. The molecule has 1 aromatic heterocycles. The summed E-state index contributed by atoms with van der Waals surface area (Å²) in [5.41, 5.74) is 1.65. The van der Waals surface area contributed by atoms with Crippen LogP contribution < -0.4 is 5.32 Å². The quantitative estimate of drug-likeness (QED) is 0.839. The number of pyridine rings is 1. The second-order valence-electron chi connectivity index (χ2n) is 4.58. The highest BCUT2D eigenvalue weighted by Crippen LogP contribution is 2.34. The smallest absolute Gasteiger partial charge is 0.0371 e. The molecular weight excluding hydrogens is 196 g/mol. The summed E-state index contributed by atoms with van der Waals surface area (Å²) < 4.78 is 0. The van der Waals surface area contributed by atoms with Crippen molar-refractivity contribution in [1.29, 1.82) is 0 Å². The minimum atomic E-state index is 0.280. The molecule has 16 heavy (non-hydrogen) atoms. The predicted octanol–water partition coefficient (Wildman–Crippen LogP) is 3.23. The number of hydrogen-bond donors (Lipinski definition) is 1. The summed E-state index contributed by atoms with van der Waals surface area (Å²) in [7, 11) is 0. The molecule has 2 heteroatoms. The van der Waals surface area contributed by atoms with Gasteiger partial charge in [0.05, 0.1) is 0 Å². The Labute approximate surface area is 97.8 Å². The van der Waals surface area contributed by atoms with Gasteiger partial charge >= 0.3 is 0 Å². The van der Waals surface area contributed by atoms with E-state index in [1.807, 2.05) is 12.4 Å². The molecule has 1 atom stereocenters. The maximum atomic E-state index is 4.08. The fourth-order valence-electron chi connectivity index (χ4n) is 2.47. The Kier molecular flexibility index (Phi) is 3.28. The van der Waals surface area contributed by atoms with Gasteiger partial charge in [-0.3, -0.25) is 4.98 Å². The van der Waals surface area contributed by atoms with Gasteiger partial charge in [-0.1, -0.05) is 19.9 Å². The third-order valence-electron chi connectivity index (χ3n) is 3.82. The Balaban J connectivity index is 2.20. The average Bonchev–Trinajstić information content (AvgIpc) is 2.40. The molecule has 0 saturated heterocycles. The first-order valence-corrected chi connectivity index (χ1v) is 6.14. The summed E-state index contributed by atoms with van der Waals surface area (Å²) in [6, 6.07) is 4.24. The van der Waals surface area contributed by atoms with Crippen molar-refractivity contribution in [2.45, 2.75) is 44.6 Å². The highest BCUT2D eigenvalue weighted by molar-refractivity contribution is 5.24. The van der Waals surface area contributed by atoms with Crippen molar-refractivity contribution in [3.8, 4) is 0 Å². The molecule has 0 amide bonds. The zero-order valence-electron chi connectivity index (χ0n) is 10.1. The van der Waals surface area contributed by atoms with E-state index < -0.39 is 0 Å². The summed E-state index contributed by atoms with van der Waals surface area (Å²) in [4.78, 5) is 4.08. The number of allylic oxidation sites excluding steroid dienone is 1. The first-order chi connectivity index (χ1) is 7.79. The van der Waals surface area contributed by atoms with Crippen LogP contribution in [-0.4, -0.2) is 10.5 Å². The average molecular weight is 216 g/mol. The lowest BCUT2D eigenvalue weighted by molar-refractivity contribution is 0.290. The fourth-order valence-corrected chi connectivity index (χ4v) is 2.47. The fraction of sp³-hybridized carbons (Fsp3) is 0.500. The molecule has 0 aliphatic carbocycles. The summed E-state index contributed by atoms with van der Waals surface area (Å²) in [6.45, 7) is 4.53. The van der Waals surface area contributed by atoms with Gasteiger partial charge in [0.25, 0.3) is 0 Å². The van der Waals surface area contributed by atoms with E-state index in [4.69, 9.17) is 0 Å². The van der Waals surface area contributed by atoms with E-state index in [9.17, 15) is 0 Å². The topological polar surface area (TPSA) is 24.9 Å². The van der Waals surface area contributed by atoms with E-state index in [2.05, 4.69) is 48.6 Å². The van der Waals surface area contributed by atoms with Gasteiger partial charge in [-0.15, -0.1) is 0 Å². The van der Waals surface area contributed by atoms with Gasteiger partial charge in [0.2, 0.25) is 0 Å². The van der Waals surface area contributed by atoms with E-state index in [-0.39, 0.29) is 5.54 Å². The second kappa shape index (κ2) is 4.69. The van der Waals surface area contributed by atoms with Crippen LogP contribution in [0.2, 0.25) is 0 Å². The molecule has 0 saturated carbocycles. The van der Waals surface area contributed by atoms with Gasteiger partial charge in [0.1, 0.15) is 0 Å². The molecule has 0 aromatic carbocycles. The summed E-state index contributed by atoms with van der Waals surface area (Å²) >= 11 is 0. The third kappa shape index (κ3) is 2.11. The highest BCUT2D eigenvalue weighted by atomic mass is 15.0. The number of hydrogen-bond acceptors (Lipinski definition) is 2. The van der Waals surface area contributed by atoms with Crippen molar-refractivity contribution in [3.63, 3.8) is 0 Å². The normalized spacial score (nSPS) is 22.8. The Morgan fingerprint density at radius 2 is 2.00 bits per heavy atom. The molecule has 86 valence electrons. The lowest BCUT2D eigenvalue weighted by Gasteiger charge is -2.38. The monoisotopic (exact) mass is 216 g/mol. The van der Waals surface area contributed by atoms with E-state index in [0.717, 1.165) is 0 Å². The molecule has 2 nitrogen and oxygen atoms in total. The molecule has 0 radical (unpaired) electrons. The van der Waals surface area contributed by atoms with E-state index in [1.165, 1.54) is 24.8 Å². The Morgan fingerprint density at radius 1 is 1.31 bits per heavy atom. The maximum Gasteiger partial charge on any atom is 0.0371 e. The van der Waals surface area contributed by atoms with Gasteiger partial charge in [-0.25, -0.2) is 0 Å². The largest absolute Gasteiger partial charge is 0.386 e. The minimum Gasteiger partial charge on any atom is -0.386 e. The molecule has 0 bridgehead atoms. The number of aromatic nitrogens is 1. The van der Waals surface area contributed by atoms with Gasteiger partial charge in [0.15, 0.2) is 0 Å². The molecule has 1 N–H and O–H groups in total. The van der Waals surface area contributed by atoms with E-state index in [0.29, 0.717) is 5.92 Å². The number of nitrogens with zero attached hydrogens (tertiary/aromatic N) is 1. The molecule has 2 rings (SSSR count). The first kappa shape index (κ1) is 11.2. The molecule has 2 heterocycles. The van der Waals surface area contributed by atoms with Crippen molar-refractivity contribution < 1.29 is 0 Å². The standard InChI is InChI=1S/C14H20N2/c1-3-14(4-2)11-13(7-10-16-14)12-5-8-15-9-6-12/h5-10,13,16H,3-4,11H2,1-2H3. The van der Waals surface area contributed by atoms with Crippen LogP contribution >= 0.6 is 0 Å². The van der Waals surface area contributed by atoms with Gasteiger partial charge in [0, 0.05) is 23.9 Å². The minimum absolute atomic E-state index is 0.280. The summed E-state index contributed by atoms with van der Waals surface area (Å²) in [5.74, 6) is 0.532. The highest BCUT2D eigenvalue weighted by Gasteiger charge is 2.30. The van der Waals surface area contributed by atoms with Crippen molar-refractivity contribution >= 4 is 0 Å². The Hall–Kier alpha value is -1.31. The Morgan fingerprint density at radius 3 is 2.62 bits per heavy atom. The van der Waals surface area contributed by atoms with E-state index >= 15 is 0 Å². The van der Waals surface area contributed by atoms with Crippen LogP contribution in [0.25, 0.3) is 0 Å². The van der Waals surface area contributed by atoms with E-state index in [1.54, 1.807) is 0 Å². The zero-order chi connectivity index (χ0) is 11.4. The molecule has 1 aliphatic heterocycles. The van der Waals surface area contributed by atoms with Crippen molar-refractivity contribution in [1.82, 2.24) is 10.3 Å². The van der Waals surface area contributed by atoms with Gasteiger partial charge in [-0.05, 0) is 43.2 Å². The van der Waals surface area contributed by atoms with Crippen LogP contribution in [0.3, 0.4) is 0 Å². The number of rotatable bonds is 3. The first-order valence-electron chi connectivity index (χ1n) is 6.14. The van der Waals surface area contributed by atoms with Crippen LogP contribution in [0.4, 0.5) is 0 Å². The lowest BCUT2D eigenvalue weighted by Crippen LogP contribution is -2.44.